The van der Waals surface area contributed by atoms with Crippen LogP contribution >= 0.6 is 11.8 Å². The molecule has 116 valence electrons. The second-order valence-electron chi connectivity index (χ2n) is 5.41. The molecule has 0 saturated carbocycles. The van der Waals surface area contributed by atoms with E-state index in [1.54, 1.807) is 11.8 Å². The standard InChI is InChI=1S/C18H22N2OS/c1-13(2)22-17-10-6-5-9-16(17)20-18(21)12-11-14-7-3-4-8-15(14)19/h3-10,13H,11-12,19H2,1-2H3,(H,20,21). The number of carbonyl (C=O) groups is 1. The van der Waals surface area contributed by atoms with Gasteiger partial charge in [-0.05, 0) is 30.2 Å². The number of nitrogen functional groups attached to an aromatic ring is 1. The average Bonchev–Trinajstić information content (AvgIpc) is 2.48. The number of nitrogens with two attached hydrogens (primary N) is 1. The van der Waals surface area contributed by atoms with Gasteiger partial charge in [-0.15, -0.1) is 11.8 Å². The number of rotatable bonds is 6. The van der Waals surface area contributed by atoms with Gasteiger partial charge >= 0.3 is 0 Å². The highest BCUT2D eigenvalue weighted by atomic mass is 32.2. The van der Waals surface area contributed by atoms with E-state index in [1.807, 2.05) is 48.5 Å². The number of benzene rings is 2. The van der Waals surface area contributed by atoms with Crippen LogP contribution in [0.25, 0.3) is 0 Å². The molecule has 0 spiro atoms. The summed E-state index contributed by atoms with van der Waals surface area (Å²) in [5.41, 5.74) is 8.54. The van der Waals surface area contributed by atoms with Crippen molar-refractivity contribution in [2.45, 2.75) is 36.8 Å². The SMILES string of the molecule is CC(C)Sc1ccccc1NC(=O)CCc1ccccc1N. The molecule has 0 radical (unpaired) electrons. The molecule has 1 amide bonds. The second-order valence-corrected chi connectivity index (χ2v) is 7.03. The Morgan fingerprint density at radius 2 is 1.82 bits per heavy atom. The van der Waals surface area contributed by atoms with Crippen LogP contribution in [0.4, 0.5) is 11.4 Å². The summed E-state index contributed by atoms with van der Waals surface area (Å²) in [6.07, 6.45) is 1.08. The Balaban J connectivity index is 1.96. The minimum absolute atomic E-state index is 0.0139. The van der Waals surface area contributed by atoms with Gasteiger partial charge in [-0.2, -0.15) is 0 Å². The highest BCUT2D eigenvalue weighted by Crippen LogP contribution is 2.30. The molecule has 0 aliphatic rings. The average molecular weight is 314 g/mol. The molecule has 0 aromatic heterocycles. The summed E-state index contributed by atoms with van der Waals surface area (Å²) < 4.78 is 0. The van der Waals surface area contributed by atoms with Crippen LogP contribution in [0, 0.1) is 0 Å². The van der Waals surface area contributed by atoms with E-state index in [1.165, 1.54) is 0 Å². The molecular formula is C18H22N2OS. The van der Waals surface area contributed by atoms with Gasteiger partial charge in [-0.1, -0.05) is 44.2 Å². The van der Waals surface area contributed by atoms with Gasteiger partial charge in [0.05, 0.1) is 5.69 Å². The van der Waals surface area contributed by atoms with Crippen LogP contribution in [0.2, 0.25) is 0 Å². The number of aryl methyl sites for hydroxylation is 1. The molecule has 0 atom stereocenters. The molecular weight excluding hydrogens is 292 g/mol. The largest absolute Gasteiger partial charge is 0.399 e. The first-order valence-corrected chi connectivity index (χ1v) is 8.33. The third-order valence-corrected chi connectivity index (χ3v) is 4.28. The minimum Gasteiger partial charge on any atom is -0.399 e. The Labute approximate surface area is 136 Å². The topological polar surface area (TPSA) is 55.1 Å². The number of carbonyl (C=O) groups excluding carboxylic acids is 1. The molecule has 0 saturated heterocycles. The lowest BCUT2D eigenvalue weighted by Crippen LogP contribution is -2.13. The van der Waals surface area contributed by atoms with Crippen molar-refractivity contribution < 1.29 is 4.79 Å². The van der Waals surface area contributed by atoms with Crippen molar-refractivity contribution in [1.82, 2.24) is 0 Å². The maximum atomic E-state index is 12.2. The monoisotopic (exact) mass is 314 g/mol. The van der Waals surface area contributed by atoms with E-state index in [9.17, 15) is 4.79 Å². The molecule has 0 fully saturated rings. The van der Waals surface area contributed by atoms with Gasteiger partial charge in [-0.3, -0.25) is 4.79 Å². The summed E-state index contributed by atoms with van der Waals surface area (Å²) >= 11 is 1.75. The Hall–Kier alpha value is -1.94. The fraction of sp³-hybridized carbons (Fsp3) is 0.278. The van der Waals surface area contributed by atoms with Crippen molar-refractivity contribution in [3.05, 3.63) is 54.1 Å². The van der Waals surface area contributed by atoms with Gasteiger partial charge < -0.3 is 11.1 Å². The number of para-hydroxylation sites is 2. The first kappa shape index (κ1) is 16.4. The number of nitrogens with one attached hydrogen (secondary N) is 1. The van der Waals surface area contributed by atoms with E-state index in [2.05, 4.69) is 19.2 Å². The molecule has 0 aliphatic carbocycles. The lowest BCUT2D eigenvalue weighted by Gasteiger charge is -2.12. The Morgan fingerprint density at radius 3 is 2.55 bits per heavy atom. The summed E-state index contributed by atoms with van der Waals surface area (Å²) in [6.45, 7) is 4.28. The molecule has 0 heterocycles. The van der Waals surface area contributed by atoms with E-state index < -0.39 is 0 Å². The van der Waals surface area contributed by atoms with Crippen molar-refractivity contribution in [3.63, 3.8) is 0 Å². The Kier molecular flexibility index (Phi) is 5.90. The van der Waals surface area contributed by atoms with Crippen LogP contribution in [-0.4, -0.2) is 11.2 Å². The summed E-state index contributed by atoms with van der Waals surface area (Å²) in [5, 5.41) is 3.48. The van der Waals surface area contributed by atoms with Crippen LogP contribution in [0.15, 0.2) is 53.4 Å². The Bertz CT molecular complexity index is 640. The van der Waals surface area contributed by atoms with Crippen LogP contribution < -0.4 is 11.1 Å². The fourth-order valence-corrected chi connectivity index (χ4v) is 3.06. The third kappa shape index (κ3) is 4.81. The maximum Gasteiger partial charge on any atom is 0.224 e. The highest BCUT2D eigenvalue weighted by Gasteiger charge is 2.09. The number of hydrogen-bond acceptors (Lipinski definition) is 3. The quantitative estimate of drug-likeness (QED) is 0.616. The predicted octanol–water partition coefficient (Wildman–Crippen LogP) is 4.34. The van der Waals surface area contributed by atoms with E-state index in [-0.39, 0.29) is 5.91 Å². The second kappa shape index (κ2) is 7.90. The maximum absolute atomic E-state index is 12.2. The van der Waals surface area contributed by atoms with Gasteiger partial charge in [0.1, 0.15) is 0 Å². The van der Waals surface area contributed by atoms with Crippen molar-refractivity contribution in [3.8, 4) is 0 Å². The van der Waals surface area contributed by atoms with E-state index in [0.717, 1.165) is 21.8 Å². The van der Waals surface area contributed by atoms with Crippen LogP contribution in [0.5, 0.6) is 0 Å². The van der Waals surface area contributed by atoms with Crippen molar-refractivity contribution in [2.75, 3.05) is 11.1 Å². The summed E-state index contributed by atoms with van der Waals surface area (Å²) in [5.74, 6) is 0.0139. The number of anilines is 2. The molecule has 22 heavy (non-hydrogen) atoms. The summed E-state index contributed by atoms with van der Waals surface area (Å²) in [4.78, 5) is 13.3. The first-order valence-electron chi connectivity index (χ1n) is 7.45. The van der Waals surface area contributed by atoms with Gasteiger partial charge in [0, 0.05) is 22.3 Å². The minimum atomic E-state index is 0.0139. The van der Waals surface area contributed by atoms with Crippen LogP contribution in [-0.2, 0) is 11.2 Å². The van der Waals surface area contributed by atoms with Gasteiger partial charge in [-0.25, -0.2) is 0 Å². The molecule has 4 heteroatoms. The smallest absolute Gasteiger partial charge is 0.224 e. The molecule has 2 aromatic rings. The molecule has 3 nitrogen and oxygen atoms in total. The van der Waals surface area contributed by atoms with Crippen molar-refractivity contribution >= 4 is 29.0 Å². The van der Waals surface area contributed by atoms with Crippen LogP contribution in [0.1, 0.15) is 25.8 Å². The normalized spacial score (nSPS) is 10.7. The molecule has 2 rings (SSSR count). The molecule has 2 aromatic carbocycles. The predicted molar refractivity (Wildman–Crippen MR) is 95.2 cm³/mol. The van der Waals surface area contributed by atoms with Crippen molar-refractivity contribution in [2.24, 2.45) is 0 Å². The Morgan fingerprint density at radius 1 is 1.14 bits per heavy atom. The summed E-state index contributed by atoms with van der Waals surface area (Å²) in [7, 11) is 0. The first-order chi connectivity index (χ1) is 10.6. The molecule has 0 unspecified atom stereocenters. The van der Waals surface area contributed by atoms with E-state index in [4.69, 9.17) is 5.73 Å². The van der Waals surface area contributed by atoms with E-state index in [0.29, 0.717) is 18.1 Å². The molecule has 3 N–H and O–H groups in total. The summed E-state index contributed by atoms with van der Waals surface area (Å²) in [6, 6.07) is 15.6. The number of hydrogen-bond donors (Lipinski definition) is 2. The number of thioether (sulfide) groups is 1. The van der Waals surface area contributed by atoms with E-state index >= 15 is 0 Å². The van der Waals surface area contributed by atoms with Crippen LogP contribution in [0.3, 0.4) is 0 Å². The zero-order valence-corrected chi connectivity index (χ0v) is 13.8. The molecule has 0 bridgehead atoms. The number of amides is 1. The van der Waals surface area contributed by atoms with Crippen molar-refractivity contribution in [1.29, 1.82) is 0 Å². The fourth-order valence-electron chi connectivity index (χ4n) is 2.15. The lowest BCUT2D eigenvalue weighted by molar-refractivity contribution is -0.116. The molecule has 0 aliphatic heterocycles. The zero-order valence-electron chi connectivity index (χ0n) is 13.0. The third-order valence-electron chi connectivity index (χ3n) is 3.20. The highest BCUT2D eigenvalue weighted by molar-refractivity contribution is 8.00. The van der Waals surface area contributed by atoms with Gasteiger partial charge in [0.15, 0.2) is 0 Å². The lowest BCUT2D eigenvalue weighted by atomic mass is 10.1. The van der Waals surface area contributed by atoms with Gasteiger partial charge in [0.25, 0.3) is 0 Å². The van der Waals surface area contributed by atoms with Gasteiger partial charge in [0.2, 0.25) is 5.91 Å². The zero-order chi connectivity index (χ0) is 15.9.